The van der Waals surface area contributed by atoms with Crippen LogP contribution in [-0.2, 0) is 21.2 Å². The maximum Gasteiger partial charge on any atom is 0.243 e. The number of anilines is 1. The minimum Gasteiger partial charge on any atom is -0.300 e. The van der Waals surface area contributed by atoms with Gasteiger partial charge < -0.3 is 5.32 Å². The minimum absolute atomic E-state index is 0.108. The van der Waals surface area contributed by atoms with Gasteiger partial charge in [0.2, 0.25) is 21.1 Å². The first kappa shape index (κ1) is 23.8. The number of aromatic nitrogens is 2. The topological polar surface area (TPSA) is 92.3 Å². The summed E-state index contributed by atoms with van der Waals surface area (Å²) >= 11 is 1.40. The van der Waals surface area contributed by atoms with Gasteiger partial charge in [0.1, 0.15) is 5.01 Å². The Bertz CT molecular complexity index is 1040. The number of hydrogen-bond donors (Lipinski definition) is 1. The lowest BCUT2D eigenvalue weighted by Crippen LogP contribution is -2.41. The number of aryl methyl sites for hydroxylation is 2. The average molecular weight is 465 g/mol. The molecule has 31 heavy (non-hydrogen) atoms. The van der Waals surface area contributed by atoms with Gasteiger partial charge in [-0.2, -0.15) is 4.31 Å². The van der Waals surface area contributed by atoms with Crippen LogP contribution >= 0.6 is 11.3 Å². The Balaban J connectivity index is 1.66. The number of hydrogen-bond acceptors (Lipinski definition) is 6. The van der Waals surface area contributed by atoms with Gasteiger partial charge in [0, 0.05) is 25.4 Å². The summed E-state index contributed by atoms with van der Waals surface area (Å²) in [5.74, 6) is 0.139. The van der Waals surface area contributed by atoms with Gasteiger partial charge in [-0.05, 0) is 68.7 Å². The molecular formula is C22H32N4O3S2. The SMILES string of the molecule is Cc1cc(C)c(C)c(S(=O)(=O)N2CCC(C(=O)Nc3nnc(CC(C)C)s3)CC2)c1C. The van der Waals surface area contributed by atoms with Crippen LogP contribution in [-0.4, -0.2) is 41.9 Å². The smallest absolute Gasteiger partial charge is 0.243 e. The Labute approximate surface area is 189 Å². The molecule has 9 heteroatoms. The third-order valence-corrected chi connectivity index (χ3v) is 9.03. The van der Waals surface area contributed by atoms with Crippen molar-refractivity contribution >= 4 is 32.4 Å². The number of rotatable bonds is 6. The van der Waals surface area contributed by atoms with Crippen molar-refractivity contribution in [1.29, 1.82) is 0 Å². The Hall–Kier alpha value is -1.84. The van der Waals surface area contributed by atoms with E-state index in [1.54, 1.807) is 0 Å². The Morgan fingerprint density at radius 2 is 1.71 bits per heavy atom. The monoisotopic (exact) mass is 464 g/mol. The molecular weight excluding hydrogens is 432 g/mol. The first-order chi connectivity index (χ1) is 14.5. The lowest BCUT2D eigenvalue weighted by atomic mass is 9.97. The Kier molecular flexibility index (Phi) is 7.18. The highest BCUT2D eigenvalue weighted by molar-refractivity contribution is 7.89. The number of carbonyl (C=O) groups is 1. The lowest BCUT2D eigenvalue weighted by molar-refractivity contribution is -0.120. The van der Waals surface area contributed by atoms with Crippen molar-refractivity contribution in [2.24, 2.45) is 11.8 Å². The van der Waals surface area contributed by atoms with Gasteiger partial charge in [0.25, 0.3) is 0 Å². The van der Waals surface area contributed by atoms with Crippen LogP contribution in [0.5, 0.6) is 0 Å². The number of nitrogens with zero attached hydrogens (tertiary/aromatic N) is 3. The summed E-state index contributed by atoms with van der Waals surface area (Å²) in [5, 5.41) is 12.5. The summed E-state index contributed by atoms with van der Waals surface area (Å²) in [7, 11) is -3.60. The molecule has 1 fully saturated rings. The summed E-state index contributed by atoms with van der Waals surface area (Å²) < 4.78 is 28.3. The van der Waals surface area contributed by atoms with Crippen LogP contribution in [0.3, 0.4) is 0 Å². The van der Waals surface area contributed by atoms with Gasteiger partial charge in [-0.15, -0.1) is 10.2 Å². The highest BCUT2D eigenvalue weighted by Gasteiger charge is 2.34. The van der Waals surface area contributed by atoms with E-state index in [1.807, 2.05) is 33.8 Å². The molecule has 0 unspecified atom stereocenters. The summed E-state index contributed by atoms with van der Waals surface area (Å²) in [5.41, 5.74) is 3.56. The largest absolute Gasteiger partial charge is 0.300 e. The summed E-state index contributed by atoms with van der Waals surface area (Å²) in [6.07, 6.45) is 1.82. The predicted molar refractivity (Wildman–Crippen MR) is 124 cm³/mol. The van der Waals surface area contributed by atoms with Crippen molar-refractivity contribution in [2.75, 3.05) is 18.4 Å². The zero-order valence-corrected chi connectivity index (χ0v) is 20.8. The van der Waals surface area contributed by atoms with Crippen molar-refractivity contribution in [3.8, 4) is 0 Å². The molecule has 1 saturated heterocycles. The standard InChI is InChI=1S/C22H32N4O3S2/c1-13(2)11-19-24-25-22(30-19)23-21(27)18-7-9-26(10-8-18)31(28,29)20-16(5)14(3)12-15(4)17(20)6/h12-13,18H,7-11H2,1-6H3,(H,23,25,27). The van der Waals surface area contributed by atoms with Crippen molar-refractivity contribution in [3.63, 3.8) is 0 Å². The molecule has 1 aromatic carbocycles. The fourth-order valence-electron chi connectivity index (χ4n) is 4.00. The molecule has 0 aliphatic carbocycles. The molecule has 1 aromatic heterocycles. The van der Waals surface area contributed by atoms with Crippen molar-refractivity contribution < 1.29 is 13.2 Å². The van der Waals surface area contributed by atoms with Gasteiger partial charge in [-0.1, -0.05) is 31.3 Å². The fraction of sp³-hybridized carbons (Fsp3) is 0.591. The van der Waals surface area contributed by atoms with Crippen LogP contribution in [0.15, 0.2) is 11.0 Å². The highest BCUT2D eigenvalue weighted by atomic mass is 32.2. The molecule has 2 heterocycles. The predicted octanol–water partition coefficient (Wildman–Crippen LogP) is 4.01. The van der Waals surface area contributed by atoms with Crippen LogP contribution in [0.25, 0.3) is 0 Å². The van der Waals surface area contributed by atoms with Crippen LogP contribution in [0.4, 0.5) is 5.13 Å². The number of amides is 1. The Morgan fingerprint density at radius 1 is 1.13 bits per heavy atom. The molecule has 0 spiro atoms. The van der Waals surface area contributed by atoms with Crippen LogP contribution in [0, 0.1) is 39.5 Å². The molecule has 1 aliphatic heterocycles. The molecule has 3 rings (SSSR count). The van der Waals surface area contributed by atoms with E-state index in [2.05, 4.69) is 29.4 Å². The van der Waals surface area contributed by atoms with Crippen LogP contribution in [0.1, 0.15) is 54.0 Å². The molecule has 0 atom stereocenters. The van der Waals surface area contributed by atoms with Crippen molar-refractivity contribution in [1.82, 2.24) is 14.5 Å². The number of sulfonamides is 1. The van der Waals surface area contributed by atoms with E-state index in [0.29, 0.717) is 41.9 Å². The van der Waals surface area contributed by atoms with E-state index >= 15 is 0 Å². The molecule has 0 bridgehead atoms. The van der Waals surface area contributed by atoms with E-state index in [4.69, 9.17) is 0 Å². The van der Waals surface area contributed by atoms with E-state index in [9.17, 15) is 13.2 Å². The molecule has 170 valence electrons. The lowest BCUT2D eigenvalue weighted by Gasteiger charge is -2.31. The fourth-order valence-corrected chi connectivity index (χ4v) is 7.00. The van der Waals surface area contributed by atoms with E-state index in [1.165, 1.54) is 15.6 Å². The first-order valence-electron chi connectivity index (χ1n) is 10.7. The number of carbonyl (C=O) groups excluding carboxylic acids is 1. The summed E-state index contributed by atoms with van der Waals surface area (Å²) in [6.45, 7) is 12.5. The maximum absolute atomic E-state index is 13.4. The number of piperidine rings is 1. The zero-order valence-electron chi connectivity index (χ0n) is 19.2. The summed E-state index contributed by atoms with van der Waals surface area (Å²) in [6, 6.07) is 2.03. The number of benzene rings is 1. The van der Waals surface area contributed by atoms with E-state index < -0.39 is 10.0 Å². The maximum atomic E-state index is 13.4. The highest BCUT2D eigenvalue weighted by Crippen LogP contribution is 2.31. The average Bonchev–Trinajstić information content (AvgIpc) is 3.12. The minimum atomic E-state index is -3.60. The third kappa shape index (κ3) is 5.15. The number of nitrogens with one attached hydrogen (secondary N) is 1. The van der Waals surface area contributed by atoms with Crippen molar-refractivity contribution in [3.05, 3.63) is 33.3 Å². The second kappa shape index (κ2) is 9.34. The van der Waals surface area contributed by atoms with Gasteiger partial charge in [0.15, 0.2) is 0 Å². The van der Waals surface area contributed by atoms with Crippen LogP contribution in [0.2, 0.25) is 0 Å². The van der Waals surface area contributed by atoms with Gasteiger partial charge in [-0.25, -0.2) is 8.42 Å². The normalized spacial score (nSPS) is 16.1. The first-order valence-corrected chi connectivity index (χ1v) is 13.0. The van der Waals surface area contributed by atoms with Crippen molar-refractivity contribution in [2.45, 2.75) is 65.7 Å². The third-order valence-electron chi connectivity index (χ3n) is 6.00. The van der Waals surface area contributed by atoms with Gasteiger partial charge >= 0.3 is 0 Å². The summed E-state index contributed by atoms with van der Waals surface area (Å²) in [4.78, 5) is 13.1. The van der Waals surface area contributed by atoms with E-state index in [-0.39, 0.29) is 11.8 Å². The molecule has 0 radical (unpaired) electrons. The zero-order chi connectivity index (χ0) is 22.9. The van der Waals surface area contributed by atoms with Gasteiger partial charge in [0.05, 0.1) is 4.90 Å². The molecule has 0 saturated carbocycles. The van der Waals surface area contributed by atoms with Crippen LogP contribution < -0.4 is 5.32 Å². The molecule has 7 nitrogen and oxygen atoms in total. The van der Waals surface area contributed by atoms with E-state index in [0.717, 1.165) is 33.7 Å². The quantitative estimate of drug-likeness (QED) is 0.697. The molecule has 1 N–H and O–H groups in total. The molecule has 1 amide bonds. The molecule has 1 aliphatic rings. The molecule has 2 aromatic rings. The Morgan fingerprint density at radius 3 is 2.26 bits per heavy atom. The van der Waals surface area contributed by atoms with Gasteiger partial charge in [-0.3, -0.25) is 4.79 Å². The second-order valence-electron chi connectivity index (χ2n) is 8.86. The second-order valence-corrected chi connectivity index (χ2v) is 11.8.